The summed E-state index contributed by atoms with van der Waals surface area (Å²) in [6, 6.07) is 10.3. The molecule has 0 bridgehead atoms. The van der Waals surface area contributed by atoms with E-state index in [1.807, 2.05) is 18.2 Å². The molecule has 1 aromatic heterocycles. The van der Waals surface area contributed by atoms with Gasteiger partial charge in [0.1, 0.15) is 0 Å². The van der Waals surface area contributed by atoms with Crippen LogP contribution in [0, 0.1) is 5.92 Å². The molecule has 17 heavy (non-hydrogen) atoms. The number of ketones is 1. The molecular formula is C14H15NOS. The monoisotopic (exact) mass is 245 g/mol. The number of hydrogen-bond acceptors (Lipinski definition) is 3. The fraction of sp³-hybridized carbons (Fsp3) is 0.357. The van der Waals surface area contributed by atoms with Crippen LogP contribution < -0.4 is 5.32 Å². The van der Waals surface area contributed by atoms with Gasteiger partial charge in [-0.25, -0.2) is 0 Å². The Kier molecular flexibility index (Phi) is 2.95. The third-order valence-electron chi connectivity index (χ3n) is 3.38. The van der Waals surface area contributed by atoms with Gasteiger partial charge in [0.2, 0.25) is 0 Å². The molecule has 1 aliphatic rings. The summed E-state index contributed by atoms with van der Waals surface area (Å²) in [5.74, 6) is 0.567. The van der Waals surface area contributed by atoms with Crippen LogP contribution in [0.25, 0.3) is 10.1 Å². The maximum atomic E-state index is 12.4. The number of Topliss-reactive ketones (excluding diaryl/α,β-unsaturated/α-hetero) is 1. The second kappa shape index (κ2) is 4.59. The molecule has 0 spiro atoms. The number of carbonyl (C=O) groups is 1. The van der Waals surface area contributed by atoms with E-state index in [0.717, 1.165) is 30.8 Å². The topological polar surface area (TPSA) is 29.1 Å². The Morgan fingerprint density at radius 2 is 2.00 bits per heavy atom. The van der Waals surface area contributed by atoms with Crippen LogP contribution in [0.3, 0.4) is 0 Å². The highest BCUT2D eigenvalue weighted by Crippen LogP contribution is 2.29. The molecule has 0 amide bonds. The molecule has 1 aliphatic heterocycles. The molecule has 0 unspecified atom stereocenters. The summed E-state index contributed by atoms with van der Waals surface area (Å²) < 4.78 is 1.21. The van der Waals surface area contributed by atoms with Crippen molar-refractivity contribution < 1.29 is 4.79 Å². The second-order valence-corrected chi connectivity index (χ2v) is 5.62. The van der Waals surface area contributed by atoms with Gasteiger partial charge in [0.25, 0.3) is 0 Å². The van der Waals surface area contributed by atoms with Crippen molar-refractivity contribution in [3.63, 3.8) is 0 Å². The van der Waals surface area contributed by atoms with Gasteiger partial charge in [0, 0.05) is 10.6 Å². The van der Waals surface area contributed by atoms with Crippen molar-refractivity contribution in [1.29, 1.82) is 0 Å². The minimum absolute atomic E-state index is 0.226. The number of rotatable bonds is 2. The van der Waals surface area contributed by atoms with Crippen molar-refractivity contribution in [3.05, 3.63) is 35.2 Å². The lowest BCUT2D eigenvalue weighted by molar-refractivity contribution is 0.0899. The largest absolute Gasteiger partial charge is 0.317 e. The number of carbonyl (C=O) groups excluding carboxylic acids is 1. The Bertz CT molecular complexity index is 507. The Hall–Kier alpha value is -1.19. The van der Waals surface area contributed by atoms with Crippen molar-refractivity contribution in [1.82, 2.24) is 5.32 Å². The first-order valence-corrected chi connectivity index (χ1v) is 6.90. The van der Waals surface area contributed by atoms with E-state index in [4.69, 9.17) is 0 Å². The first-order valence-electron chi connectivity index (χ1n) is 6.08. The minimum atomic E-state index is 0.226. The average Bonchev–Trinajstić information content (AvgIpc) is 2.82. The predicted molar refractivity (Wildman–Crippen MR) is 71.7 cm³/mol. The molecule has 2 heterocycles. The van der Waals surface area contributed by atoms with Gasteiger partial charge in [0.15, 0.2) is 5.78 Å². The zero-order valence-corrected chi connectivity index (χ0v) is 10.4. The summed E-state index contributed by atoms with van der Waals surface area (Å²) in [5, 5.41) is 4.49. The number of hydrogen-bond donors (Lipinski definition) is 1. The Balaban J connectivity index is 1.89. The van der Waals surface area contributed by atoms with Gasteiger partial charge in [-0.05, 0) is 43.5 Å². The van der Waals surface area contributed by atoms with Crippen LogP contribution in [0.1, 0.15) is 22.5 Å². The Labute approximate surface area is 105 Å². The summed E-state index contributed by atoms with van der Waals surface area (Å²) in [5.41, 5.74) is 0. The molecule has 88 valence electrons. The zero-order chi connectivity index (χ0) is 11.7. The van der Waals surface area contributed by atoms with Gasteiger partial charge in [-0.15, -0.1) is 11.3 Å². The van der Waals surface area contributed by atoms with Crippen molar-refractivity contribution in [2.24, 2.45) is 5.92 Å². The number of piperidine rings is 1. The van der Waals surface area contributed by atoms with E-state index in [0.29, 0.717) is 5.78 Å². The molecule has 2 aromatic rings. The van der Waals surface area contributed by atoms with Crippen molar-refractivity contribution in [2.45, 2.75) is 12.8 Å². The Morgan fingerprint density at radius 3 is 2.76 bits per heavy atom. The molecule has 1 fully saturated rings. The number of benzene rings is 1. The van der Waals surface area contributed by atoms with Crippen LogP contribution in [0.5, 0.6) is 0 Å². The maximum Gasteiger partial charge on any atom is 0.175 e. The van der Waals surface area contributed by atoms with Gasteiger partial charge < -0.3 is 5.32 Å². The third kappa shape index (κ3) is 2.13. The Morgan fingerprint density at radius 1 is 1.24 bits per heavy atom. The summed E-state index contributed by atoms with van der Waals surface area (Å²) in [6.07, 6.45) is 1.96. The van der Waals surface area contributed by atoms with E-state index in [1.165, 1.54) is 10.1 Å². The molecule has 0 aliphatic carbocycles. The number of fused-ring (bicyclic) bond motifs is 1. The SMILES string of the molecule is O=C(c1cc2ccccc2s1)C1CCNCC1. The molecular weight excluding hydrogens is 230 g/mol. The molecule has 1 N–H and O–H groups in total. The van der Waals surface area contributed by atoms with Crippen LogP contribution in [0.2, 0.25) is 0 Å². The molecule has 0 radical (unpaired) electrons. The summed E-state index contributed by atoms with van der Waals surface area (Å²) in [7, 11) is 0. The van der Waals surface area contributed by atoms with Gasteiger partial charge in [-0.3, -0.25) is 4.79 Å². The summed E-state index contributed by atoms with van der Waals surface area (Å²) in [6.45, 7) is 1.95. The molecule has 0 atom stereocenters. The van der Waals surface area contributed by atoms with E-state index >= 15 is 0 Å². The van der Waals surface area contributed by atoms with Crippen molar-refractivity contribution >= 4 is 27.2 Å². The van der Waals surface area contributed by atoms with E-state index in [2.05, 4.69) is 17.4 Å². The smallest absolute Gasteiger partial charge is 0.175 e. The van der Waals surface area contributed by atoms with Crippen LogP contribution in [-0.2, 0) is 0 Å². The van der Waals surface area contributed by atoms with Crippen molar-refractivity contribution in [2.75, 3.05) is 13.1 Å². The third-order valence-corrected chi connectivity index (χ3v) is 4.51. The molecule has 1 saturated heterocycles. The predicted octanol–water partition coefficient (Wildman–Crippen LogP) is 3.08. The van der Waals surface area contributed by atoms with Gasteiger partial charge in [-0.1, -0.05) is 18.2 Å². The maximum absolute atomic E-state index is 12.4. The quantitative estimate of drug-likeness (QED) is 0.824. The molecule has 3 rings (SSSR count). The first kappa shape index (κ1) is 10.9. The standard InChI is InChI=1S/C14H15NOS/c16-14(10-5-7-15-8-6-10)13-9-11-3-1-2-4-12(11)17-13/h1-4,9-10,15H,5-8H2. The lowest BCUT2D eigenvalue weighted by Gasteiger charge is -2.20. The van der Waals surface area contributed by atoms with E-state index < -0.39 is 0 Å². The van der Waals surface area contributed by atoms with Gasteiger partial charge in [-0.2, -0.15) is 0 Å². The minimum Gasteiger partial charge on any atom is -0.317 e. The highest BCUT2D eigenvalue weighted by Gasteiger charge is 2.23. The molecule has 0 saturated carbocycles. The number of thiophene rings is 1. The molecule has 3 heteroatoms. The first-order chi connectivity index (χ1) is 8.34. The molecule has 2 nitrogen and oxygen atoms in total. The average molecular weight is 245 g/mol. The van der Waals surface area contributed by atoms with Crippen molar-refractivity contribution in [3.8, 4) is 0 Å². The van der Waals surface area contributed by atoms with Crippen LogP contribution in [0.15, 0.2) is 30.3 Å². The van der Waals surface area contributed by atoms with Crippen LogP contribution in [-0.4, -0.2) is 18.9 Å². The lowest BCUT2D eigenvalue weighted by Crippen LogP contribution is -2.31. The molecule has 1 aromatic carbocycles. The lowest BCUT2D eigenvalue weighted by atomic mass is 9.93. The van der Waals surface area contributed by atoms with E-state index in [1.54, 1.807) is 11.3 Å². The summed E-state index contributed by atoms with van der Waals surface area (Å²) in [4.78, 5) is 13.3. The zero-order valence-electron chi connectivity index (χ0n) is 9.61. The second-order valence-electron chi connectivity index (χ2n) is 4.54. The highest BCUT2D eigenvalue weighted by molar-refractivity contribution is 7.20. The van der Waals surface area contributed by atoms with Gasteiger partial charge >= 0.3 is 0 Å². The van der Waals surface area contributed by atoms with E-state index in [9.17, 15) is 4.79 Å². The summed E-state index contributed by atoms with van der Waals surface area (Å²) >= 11 is 1.63. The normalized spacial score (nSPS) is 17.4. The highest BCUT2D eigenvalue weighted by atomic mass is 32.1. The fourth-order valence-corrected chi connectivity index (χ4v) is 3.47. The van der Waals surface area contributed by atoms with Crippen LogP contribution >= 0.6 is 11.3 Å². The van der Waals surface area contributed by atoms with E-state index in [-0.39, 0.29) is 5.92 Å². The fourth-order valence-electron chi connectivity index (χ4n) is 2.39. The van der Waals surface area contributed by atoms with Crippen LogP contribution in [0.4, 0.5) is 0 Å². The number of nitrogens with one attached hydrogen (secondary N) is 1. The van der Waals surface area contributed by atoms with Gasteiger partial charge in [0.05, 0.1) is 4.88 Å².